The Kier molecular flexibility index (Phi) is 4.14. The van der Waals surface area contributed by atoms with Crippen LogP contribution in [-0.2, 0) is 6.54 Å². The molecule has 3 aromatic heterocycles. The molecule has 0 aliphatic rings. The van der Waals surface area contributed by atoms with E-state index < -0.39 is 0 Å². The lowest BCUT2D eigenvalue weighted by molar-refractivity contribution is 0.0949. The van der Waals surface area contributed by atoms with Crippen LogP contribution in [0.25, 0.3) is 11.3 Å². The van der Waals surface area contributed by atoms with Crippen molar-refractivity contribution in [2.75, 3.05) is 0 Å². The lowest BCUT2D eigenvalue weighted by Gasteiger charge is -2.08. The fourth-order valence-corrected chi connectivity index (χ4v) is 2.36. The van der Waals surface area contributed by atoms with Gasteiger partial charge in [0.05, 0.1) is 23.5 Å². The Labute approximate surface area is 133 Å². The molecule has 0 radical (unpaired) electrons. The van der Waals surface area contributed by atoms with Crippen LogP contribution in [0.3, 0.4) is 0 Å². The molecule has 0 aliphatic carbocycles. The number of aromatic nitrogens is 3. The third-order valence-corrected chi connectivity index (χ3v) is 3.41. The molecule has 6 nitrogen and oxygen atoms in total. The molecular formula is C17H16N4O2. The van der Waals surface area contributed by atoms with E-state index >= 15 is 0 Å². The van der Waals surface area contributed by atoms with Crippen LogP contribution in [0.15, 0.2) is 47.4 Å². The highest BCUT2D eigenvalue weighted by atomic mass is 16.3. The highest BCUT2D eigenvalue weighted by molar-refractivity contribution is 5.95. The van der Waals surface area contributed by atoms with Crippen LogP contribution in [0, 0.1) is 13.8 Å². The molecule has 0 fully saturated rings. The highest BCUT2D eigenvalue weighted by Crippen LogP contribution is 2.18. The van der Waals surface area contributed by atoms with Gasteiger partial charge >= 0.3 is 0 Å². The molecule has 1 amide bonds. The minimum atomic E-state index is -0.192. The number of hydrogen-bond donors (Lipinski definition) is 1. The van der Waals surface area contributed by atoms with Crippen LogP contribution in [0.4, 0.5) is 0 Å². The molecule has 6 heteroatoms. The maximum atomic E-state index is 12.3. The van der Waals surface area contributed by atoms with Crippen molar-refractivity contribution < 1.29 is 9.21 Å². The molecule has 3 rings (SSSR count). The van der Waals surface area contributed by atoms with Gasteiger partial charge in [-0.2, -0.15) is 0 Å². The lowest BCUT2D eigenvalue weighted by Crippen LogP contribution is -2.24. The fraction of sp³-hybridized carbons (Fsp3) is 0.176. The van der Waals surface area contributed by atoms with Gasteiger partial charge in [-0.3, -0.25) is 19.7 Å². The Morgan fingerprint density at radius 1 is 1.22 bits per heavy atom. The monoisotopic (exact) mass is 308 g/mol. The topological polar surface area (TPSA) is 80.9 Å². The van der Waals surface area contributed by atoms with Crippen LogP contribution in [0.5, 0.6) is 0 Å². The van der Waals surface area contributed by atoms with Crippen molar-refractivity contribution in [3.63, 3.8) is 0 Å². The van der Waals surface area contributed by atoms with Crippen LogP contribution < -0.4 is 5.32 Å². The molecule has 0 aliphatic heterocycles. The summed E-state index contributed by atoms with van der Waals surface area (Å²) in [5, 5.41) is 2.86. The summed E-state index contributed by atoms with van der Waals surface area (Å²) in [6, 6.07) is 5.47. The second-order valence-corrected chi connectivity index (χ2v) is 5.10. The predicted molar refractivity (Wildman–Crippen MR) is 84.6 cm³/mol. The van der Waals surface area contributed by atoms with Gasteiger partial charge in [0, 0.05) is 30.4 Å². The maximum absolute atomic E-state index is 12.3. The summed E-state index contributed by atoms with van der Waals surface area (Å²) in [6.07, 6.45) is 6.65. The molecule has 3 aromatic rings. The third-order valence-electron chi connectivity index (χ3n) is 3.41. The van der Waals surface area contributed by atoms with Crippen LogP contribution in [-0.4, -0.2) is 20.9 Å². The minimum absolute atomic E-state index is 0.192. The normalized spacial score (nSPS) is 10.5. The van der Waals surface area contributed by atoms with Gasteiger partial charge in [-0.25, -0.2) is 0 Å². The van der Waals surface area contributed by atoms with Gasteiger partial charge in [0.25, 0.3) is 5.91 Å². The quantitative estimate of drug-likeness (QED) is 0.801. The average Bonchev–Trinajstić information content (AvgIpc) is 2.92. The maximum Gasteiger partial charge on any atom is 0.255 e. The van der Waals surface area contributed by atoms with E-state index in [0.717, 1.165) is 5.56 Å². The van der Waals surface area contributed by atoms with Gasteiger partial charge in [0.15, 0.2) is 0 Å². The molecule has 3 heterocycles. The zero-order valence-electron chi connectivity index (χ0n) is 12.9. The van der Waals surface area contributed by atoms with Crippen molar-refractivity contribution in [1.29, 1.82) is 0 Å². The van der Waals surface area contributed by atoms with E-state index in [1.165, 1.54) is 0 Å². The van der Waals surface area contributed by atoms with Crippen molar-refractivity contribution in [2.45, 2.75) is 20.4 Å². The van der Waals surface area contributed by atoms with Crippen LogP contribution in [0.1, 0.15) is 27.6 Å². The molecule has 0 spiro atoms. The Morgan fingerprint density at radius 3 is 2.74 bits per heavy atom. The van der Waals surface area contributed by atoms with Gasteiger partial charge in [-0.05, 0) is 32.0 Å². The number of pyridine rings is 1. The first kappa shape index (κ1) is 14.9. The van der Waals surface area contributed by atoms with Crippen molar-refractivity contribution >= 4 is 5.91 Å². The molecule has 0 saturated carbocycles. The summed E-state index contributed by atoms with van der Waals surface area (Å²) in [7, 11) is 0. The summed E-state index contributed by atoms with van der Waals surface area (Å²) < 4.78 is 5.38. The minimum Gasteiger partial charge on any atom is -0.466 e. The van der Waals surface area contributed by atoms with E-state index in [9.17, 15) is 4.79 Å². The van der Waals surface area contributed by atoms with E-state index in [1.54, 1.807) is 37.8 Å². The molecule has 0 bridgehead atoms. The largest absolute Gasteiger partial charge is 0.466 e. The SMILES string of the molecule is Cc1cc(C(=O)NCc2nccnc2-c2cccnc2)c(C)o1. The number of furan rings is 1. The van der Waals surface area contributed by atoms with Crippen molar-refractivity contribution in [1.82, 2.24) is 20.3 Å². The highest BCUT2D eigenvalue weighted by Gasteiger charge is 2.15. The standard InChI is InChI=1S/C17H16N4O2/c1-11-8-14(12(2)23-11)17(22)21-10-15-16(20-7-6-19-15)13-4-3-5-18-9-13/h3-9H,10H2,1-2H3,(H,21,22). The van der Waals surface area contributed by atoms with Crippen LogP contribution in [0.2, 0.25) is 0 Å². The van der Waals surface area contributed by atoms with Gasteiger partial charge < -0.3 is 9.73 Å². The van der Waals surface area contributed by atoms with Gasteiger partial charge in [0.1, 0.15) is 11.5 Å². The number of rotatable bonds is 4. The Hall–Kier alpha value is -3.02. The van der Waals surface area contributed by atoms with Gasteiger partial charge in [-0.15, -0.1) is 0 Å². The van der Waals surface area contributed by atoms with Crippen molar-refractivity contribution in [3.05, 3.63) is 65.8 Å². The summed E-state index contributed by atoms with van der Waals surface area (Å²) in [6.45, 7) is 3.86. The van der Waals surface area contributed by atoms with Crippen LogP contribution >= 0.6 is 0 Å². The number of nitrogens with one attached hydrogen (secondary N) is 1. The molecule has 0 unspecified atom stereocenters. The van der Waals surface area contributed by atoms with E-state index in [4.69, 9.17) is 4.42 Å². The lowest BCUT2D eigenvalue weighted by atomic mass is 10.1. The average molecular weight is 308 g/mol. The Bertz CT molecular complexity index is 828. The zero-order chi connectivity index (χ0) is 16.2. The van der Waals surface area contributed by atoms with E-state index in [-0.39, 0.29) is 12.5 Å². The second-order valence-electron chi connectivity index (χ2n) is 5.10. The number of carbonyl (C=O) groups excluding carboxylic acids is 1. The fourth-order valence-electron chi connectivity index (χ4n) is 2.36. The molecule has 0 aromatic carbocycles. The molecule has 0 atom stereocenters. The van der Waals surface area contributed by atoms with Crippen molar-refractivity contribution in [2.24, 2.45) is 0 Å². The third kappa shape index (κ3) is 3.26. The predicted octanol–water partition coefficient (Wildman–Crippen LogP) is 2.68. The molecule has 116 valence electrons. The molecular weight excluding hydrogens is 292 g/mol. The number of nitrogens with zero attached hydrogens (tertiary/aromatic N) is 3. The number of hydrogen-bond acceptors (Lipinski definition) is 5. The summed E-state index contributed by atoms with van der Waals surface area (Å²) in [4.78, 5) is 25.0. The zero-order valence-corrected chi connectivity index (χ0v) is 12.9. The summed E-state index contributed by atoms with van der Waals surface area (Å²) in [5.74, 6) is 1.12. The first-order valence-electron chi connectivity index (χ1n) is 7.20. The number of amides is 1. The molecule has 23 heavy (non-hydrogen) atoms. The second kappa shape index (κ2) is 6.39. The van der Waals surface area contributed by atoms with Crippen molar-refractivity contribution in [3.8, 4) is 11.3 Å². The smallest absolute Gasteiger partial charge is 0.255 e. The van der Waals surface area contributed by atoms with Gasteiger partial charge in [-0.1, -0.05) is 0 Å². The van der Waals surface area contributed by atoms with Gasteiger partial charge in [0.2, 0.25) is 0 Å². The van der Waals surface area contributed by atoms with E-state index in [2.05, 4.69) is 20.3 Å². The van der Waals surface area contributed by atoms with E-state index in [0.29, 0.717) is 28.5 Å². The Morgan fingerprint density at radius 2 is 2.04 bits per heavy atom. The first-order chi connectivity index (χ1) is 11.1. The van der Waals surface area contributed by atoms with E-state index in [1.807, 2.05) is 19.1 Å². The first-order valence-corrected chi connectivity index (χ1v) is 7.20. The summed E-state index contributed by atoms with van der Waals surface area (Å²) in [5.41, 5.74) is 2.79. The number of aryl methyl sites for hydroxylation is 2. The number of carbonyl (C=O) groups is 1. The summed E-state index contributed by atoms with van der Waals surface area (Å²) >= 11 is 0. The molecule has 1 N–H and O–H groups in total. The Balaban J connectivity index is 1.79. The molecule has 0 saturated heterocycles.